The summed E-state index contributed by atoms with van der Waals surface area (Å²) >= 11 is 0. The molecule has 1 aliphatic heterocycles. The van der Waals surface area contributed by atoms with Gasteiger partial charge >= 0.3 is 0 Å². The number of carbonyl (C=O) groups excluding carboxylic acids is 1. The van der Waals surface area contributed by atoms with Crippen molar-refractivity contribution in [1.29, 1.82) is 0 Å². The van der Waals surface area contributed by atoms with Gasteiger partial charge in [0.2, 0.25) is 0 Å². The van der Waals surface area contributed by atoms with Crippen molar-refractivity contribution in [2.75, 3.05) is 12.4 Å². The molecular formula is C15H14N2O2. The Hall–Kier alpha value is -2.49. The molecule has 1 aromatic heterocycles. The number of aromatic amines is 1. The highest BCUT2D eigenvalue weighted by Gasteiger charge is 2.27. The van der Waals surface area contributed by atoms with E-state index >= 15 is 0 Å². The minimum atomic E-state index is -0.0825. The molecule has 0 spiro atoms. The quantitative estimate of drug-likeness (QED) is 0.810. The smallest absolute Gasteiger partial charge is 0.256 e. The van der Waals surface area contributed by atoms with Crippen molar-refractivity contribution in [3.05, 3.63) is 47.3 Å². The van der Waals surface area contributed by atoms with E-state index in [4.69, 9.17) is 4.74 Å². The van der Waals surface area contributed by atoms with E-state index in [0.717, 1.165) is 28.3 Å². The summed E-state index contributed by atoms with van der Waals surface area (Å²) in [5.41, 5.74) is 4.28. The summed E-state index contributed by atoms with van der Waals surface area (Å²) < 4.78 is 5.31. The van der Waals surface area contributed by atoms with Gasteiger partial charge in [-0.05, 0) is 37.3 Å². The zero-order chi connectivity index (χ0) is 13.4. The van der Waals surface area contributed by atoms with Gasteiger partial charge in [0.15, 0.2) is 0 Å². The normalized spacial score (nSPS) is 15.5. The number of ether oxygens (including phenoxy) is 1. The Bertz CT molecular complexity index is 670. The van der Waals surface area contributed by atoms with Crippen LogP contribution in [0.3, 0.4) is 0 Å². The van der Waals surface area contributed by atoms with Crippen molar-refractivity contribution in [3.8, 4) is 5.75 Å². The number of carbonyl (C=O) groups is 1. The Balaban J connectivity index is 2.18. The maximum absolute atomic E-state index is 12.1. The monoisotopic (exact) mass is 254 g/mol. The summed E-state index contributed by atoms with van der Waals surface area (Å²) in [5.74, 6) is 0.702. The van der Waals surface area contributed by atoms with Crippen LogP contribution in [0.5, 0.6) is 5.75 Å². The minimum absolute atomic E-state index is 0.0825. The molecule has 0 radical (unpaired) electrons. The van der Waals surface area contributed by atoms with E-state index in [2.05, 4.69) is 10.3 Å². The van der Waals surface area contributed by atoms with Gasteiger partial charge in [0, 0.05) is 28.7 Å². The lowest BCUT2D eigenvalue weighted by Crippen LogP contribution is -2.03. The molecule has 0 bridgehead atoms. The van der Waals surface area contributed by atoms with Gasteiger partial charge in [-0.25, -0.2) is 0 Å². The van der Waals surface area contributed by atoms with Crippen LogP contribution in [0.4, 0.5) is 5.69 Å². The second kappa shape index (κ2) is 4.31. The third-order valence-electron chi connectivity index (χ3n) is 3.32. The topological polar surface area (TPSA) is 54.1 Å². The number of benzene rings is 1. The summed E-state index contributed by atoms with van der Waals surface area (Å²) in [6.45, 7) is 1.96. The third kappa shape index (κ3) is 1.81. The average molecular weight is 254 g/mol. The number of amides is 1. The maximum atomic E-state index is 12.1. The molecule has 1 aromatic carbocycles. The predicted molar refractivity (Wildman–Crippen MR) is 75.0 cm³/mol. The SMILES string of the molecule is COc1ccc2c(c1C)/C(=C/c1ccc[nH]1)C(=O)N2. The van der Waals surface area contributed by atoms with E-state index in [1.807, 2.05) is 43.5 Å². The highest BCUT2D eigenvalue weighted by molar-refractivity contribution is 6.35. The Morgan fingerprint density at radius 1 is 1.26 bits per heavy atom. The minimum Gasteiger partial charge on any atom is -0.496 e. The largest absolute Gasteiger partial charge is 0.496 e. The standard InChI is InChI=1S/C15H14N2O2/c1-9-13(19-2)6-5-12-14(9)11(15(18)17-12)8-10-4-3-7-16-10/h3-8,16H,1-2H3,(H,17,18)/b11-8-. The molecule has 0 saturated carbocycles. The zero-order valence-electron chi connectivity index (χ0n) is 10.8. The molecule has 0 unspecified atom stereocenters. The van der Waals surface area contributed by atoms with E-state index in [1.165, 1.54) is 0 Å². The van der Waals surface area contributed by atoms with Gasteiger partial charge in [0.25, 0.3) is 5.91 Å². The maximum Gasteiger partial charge on any atom is 0.256 e. The van der Waals surface area contributed by atoms with E-state index in [-0.39, 0.29) is 5.91 Å². The molecule has 1 amide bonds. The lowest BCUT2D eigenvalue weighted by Gasteiger charge is -2.09. The fraction of sp³-hybridized carbons (Fsp3) is 0.133. The molecular weight excluding hydrogens is 240 g/mol. The van der Waals surface area contributed by atoms with Gasteiger partial charge in [-0.2, -0.15) is 0 Å². The molecule has 2 N–H and O–H groups in total. The Morgan fingerprint density at radius 3 is 2.79 bits per heavy atom. The molecule has 0 saturated heterocycles. The molecule has 0 fully saturated rings. The summed E-state index contributed by atoms with van der Waals surface area (Å²) in [5, 5.41) is 2.88. The summed E-state index contributed by atoms with van der Waals surface area (Å²) in [6.07, 6.45) is 3.69. The number of nitrogens with one attached hydrogen (secondary N) is 2. The number of methoxy groups -OCH3 is 1. The molecule has 2 aromatic rings. The van der Waals surface area contributed by atoms with Gasteiger partial charge in [-0.15, -0.1) is 0 Å². The van der Waals surface area contributed by atoms with E-state index in [9.17, 15) is 4.79 Å². The Kier molecular flexibility index (Phi) is 2.63. The van der Waals surface area contributed by atoms with Gasteiger partial charge in [0.1, 0.15) is 5.75 Å². The Labute approximate surface area is 111 Å². The van der Waals surface area contributed by atoms with Crippen LogP contribution in [0.15, 0.2) is 30.5 Å². The number of hydrogen-bond acceptors (Lipinski definition) is 2. The fourth-order valence-electron chi connectivity index (χ4n) is 2.40. The molecule has 3 rings (SSSR count). The second-order valence-corrected chi connectivity index (χ2v) is 4.45. The van der Waals surface area contributed by atoms with Crippen molar-refractivity contribution in [2.24, 2.45) is 0 Å². The molecule has 1 aliphatic rings. The van der Waals surface area contributed by atoms with Crippen LogP contribution in [0.25, 0.3) is 11.6 Å². The Morgan fingerprint density at radius 2 is 2.11 bits per heavy atom. The van der Waals surface area contributed by atoms with Crippen molar-refractivity contribution >= 4 is 23.2 Å². The van der Waals surface area contributed by atoms with Crippen LogP contribution in [-0.4, -0.2) is 18.0 Å². The number of H-pyrrole nitrogens is 1. The highest BCUT2D eigenvalue weighted by Crippen LogP contribution is 2.39. The first-order chi connectivity index (χ1) is 9.20. The van der Waals surface area contributed by atoms with Crippen molar-refractivity contribution in [1.82, 2.24) is 4.98 Å². The van der Waals surface area contributed by atoms with Crippen molar-refractivity contribution in [2.45, 2.75) is 6.92 Å². The molecule has 4 heteroatoms. The average Bonchev–Trinajstić information content (AvgIpc) is 3.00. The lowest BCUT2D eigenvalue weighted by molar-refractivity contribution is -0.110. The van der Waals surface area contributed by atoms with Crippen LogP contribution in [-0.2, 0) is 4.79 Å². The zero-order valence-corrected chi connectivity index (χ0v) is 10.8. The van der Waals surface area contributed by atoms with Crippen LogP contribution in [0.2, 0.25) is 0 Å². The number of fused-ring (bicyclic) bond motifs is 1. The van der Waals surface area contributed by atoms with Gasteiger partial charge in [0.05, 0.1) is 12.7 Å². The molecule has 0 atom stereocenters. The second-order valence-electron chi connectivity index (χ2n) is 4.45. The van der Waals surface area contributed by atoms with E-state index in [1.54, 1.807) is 7.11 Å². The van der Waals surface area contributed by atoms with Crippen molar-refractivity contribution in [3.63, 3.8) is 0 Å². The van der Waals surface area contributed by atoms with E-state index in [0.29, 0.717) is 5.57 Å². The number of anilines is 1. The molecule has 4 nitrogen and oxygen atoms in total. The van der Waals surface area contributed by atoms with Gasteiger partial charge in [-0.3, -0.25) is 4.79 Å². The fourth-order valence-corrected chi connectivity index (χ4v) is 2.40. The number of rotatable bonds is 2. The van der Waals surface area contributed by atoms with Gasteiger partial charge in [-0.1, -0.05) is 0 Å². The highest BCUT2D eigenvalue weighted by atomic mass is 16.5. The van der Waals surface area contributed by atoms with Crippen LogP contribution in [0.1, 0.15) is 16.8 Å². The van der Waals surface area contributed by atoms with Crippen molar-refractivity contribution < 1.29 is 9.53 Å². The first-order valence-electron chi connectivity index (χ1n) is 6.05. The first kappa shape index (κ1) is 11.6. The lowest BCUT2D eigenvalue weighted by atomic mass is 10.00. The summed E-state index contributed by atoms with van der Waals surface area (Å²) in [6, 6.07) is 7.56. The van der Waals surface area contributed by atoms with E-state index < -0.39 is 0 Å². The third-order valence-corrected chi connectivity index (χ3v) is 3.32. The molecule has 19 heavy (non-hydrogen) atoms. The van der Waals surface area contributed by atoms with Crippen LogP contribution >= 0.6 is 0 Å². The molecule has 0 aliphatic carbocycles. The summed E-state index contributed by atoms with van der Waals surface area (Å²) in [4.78, 5) is 15.2. The molecule has 96 valence electrons. The first-order valence-corrected chi connectivity index (χ1v) is 6.05. The number of aromatic nitrogens is 1. The van der Waals surface area contributed by atoms with Crippen LogP contribution in [0, 0.1) is 6.92 Å². The van der Waals surface area contributed by atoms with Crippen LogP contribution < -0.4 is 10.1 Å². The number of hydrogen-bond donors (Lipinski definition) is 2. The summed E-state index contributed by atoms with van der Waals surface area (Å²) in [7, 11) is 1.63. The van der Waals surface area contributed by atoms with Gasteiger partial charge < -0.3 is 15.0 Å². The molecule has 2 heterocycles. The predicted octanol–water partition coefficient (Wildman–Crippen LogP) is 2.82.